The molecule has 112 valence electrons. The number of aromatic nitrogens is 4. The number of carbonyl (C=O) groups excluding carboxylic acids is 2. The molecule has 0 saturated heterocycles. The van der Waals surface area contributed by atoms with Crippen molar-refractivity contribution in [2.24, 2.45) is 12.8 Å². The van der Waals surface area contributed by atoms with Gasteiger partial charge in [0.05, 0.1) is 29.1 Å². The third-order valence-electron chi connectivity index (χ3n) is 3.04. The molecule has 0 aliphatic carbocycles. The number of aryl methyl sites for hydroxylation is 2. The van der Waals surface area contributed by atoms with E-state index < -0.39 is 5.91 Å². The normalized spacial score (nSPS) is 10.6. The van der Waals surface area contributed by atoms with E-state index in [1.165, 1.54) is 10.9 Å². The minimum atomic E-state index is -0.642. The highest BCUT2D eigenvalue weighted by Crippen LogP contribution is 2.16. The van der Waals surface area contributed by atoms with Crippen LogP contribution in [-0.4, -0.2) is 31.4 Å². The molecule has 2 aromatic heterocycles. The molecule has 9 heteroatoms. The number of hydrogen-bond acceptors (Lipinski definition) is 4. The lowest BCUT2D eigenvalue weighted by Crippen LogP contribution is -2.21. The quantitative estimate of drug-likeness (QED) is 0.828. The van der Waals surface area contributed by atoms with E-state index in [4.69, 9.17) is 5.73 Å². The van der Waals surface area contributed by atoms with E-state index in [1.807, 2.05) is 6.92 Å². The number of nitrogens with zero attached hydrogens (tertiary/aromatic N) is 4. The molecule has 0 atom stereocenters. The van der Waals surface area contributed by atoms with E-state index >= 15 is 0 Å². The summed E-state index contributed by atoms with van der Waals surface area (Å²) in [6, 6.07) is 0. The number of nitrogens with two attached hydrogens (primary N) is 1. The Morgan fingerprint density at radius 2 is 2.10 bits per heavy atom. The molecule has 8 nitrogen and oxygen atoms in total. The van der Waals surface area contributed by atoms with Crippen molar-refractivity contribution in [2.75, 3.05) is 5.32 Å². The zero-order chi connectivity index (χ0) is 15.6. The van der Waals surface area contributed by atoms with E-state index in [9.17, 15) is 9.59 Å². The molecule has 0 unspecified atom stereocenters. The average molecular weight is 355 g/mol. The summed E-state index contributed by atoms with van der Waals surface area (Å²) in [5.74, 6) is -0.881. The number of nitrogens with one attached hydrogen (secondary N) is 1. The molecule has 3 N–H and O–H groups in total. The number of hydrogen-bond donors (Lipinski definition) is 2. The Hall–Kier alpha value is -2.16. The van der Waals surface area contributed by atoms with Crippen LogP contribution in [0.1, 0.15) is 22.6 Å². The Balaban J connectivity index is 1.99. The Kier molecular flexibility index (Phi) is 4.41. The number of anilines is 1. The molecule has 0 aromatic carbocycles. The van der Waals surface area contributed by atoms with E-state index in [-0.39, 0.29) is 18.0 Å². The molecule has 0 fully saturated rings. The second-order valence-corrected chi connectivity index (χ2v) is 5.35. The van der Waals surface area contributed by atoms with Crippen molar-refractivity contribution in [1.29, 1.82) is 0 Å². The minimum absolute atomic E-state index is 0.168. The van der Waals surface area contributed by atoms with Crippen molar-refractivity contribution in [3.8, 4) is 0 Å². The fraction of sp³-hybridized carbons (Fsp3) is 0.333. The van der Waals surface area contributed by atoms with Gasteiger partial charge in [0.2, 0.25) is 5.91 Å². The van der Waals surface area contributed by atoms with Gasteiger partial charge in [-0.25, -0.2) is 0 Å². The van der Waals surface area contributed by atoms with Crippen molar-refractivity contribution in [2.45, 2.75) is 19.9 Å². The van der Waals surface area contributed by atoms with Crippen molar-refractivity contribution >= 4 is 33.4 Å². The second-order valence-electron chi connectivity index (χ2n) is 4.49. The largest absolute Gasteiger partial charge is 0.364 e. The smallest absolute Gasteiger partial charge is 0.269 e. The second kappa shape index (κ2) is 6.08. The summed E-state index contributed by atoms with van der Waals surface area (Å²) in [4.78, 5) is 23.2. The Morgan fingerprint density at radius 3 is 2.67 bits per heavy atom. The average Bonchev–Trinajstić information content (AvgIpc) is 2.92. The highest BCUT2D eigenvalue weighted by atomic mass is 79.9. The van der Waals surface area contributed by atoms with Crippen molar-refractivity contribution < 1.29 is 9.59 Å². The summed E-state index contributed by atoms with van der Waals surface area (Å²) in [5, 5.41) is 10.7. The van der Waals surface area contributed by atoms with Gasteiger partial charge in [-0.2, -0.15) is 10.2 Å². The lowest BCUT2D eigenvalue weighted by atomic mass is 10.3. The molecule has 0 radical (unpaired) electrons. The van der Waals surface area contributed by atoms with Gasteiger partial charge < -0.3 is 11.1 Å². The fourth-order valence-corrected chi connectivity index (χ4v) is 2.19. The summed E-state index contributed by atoms with van der Waals surface area (Å²) < 4.78 is 3.94. The molecule has 0 aliphatic rings. The number of primary amides is 1. The zero-order valence-electron chi connectivity index (χ0n) is 11.6. The molecule has 2 heterocycles. The van der Waals surface area contributed by atoms with Crippen molar-refractivity contribution in [3.05, 3.63) is 28.3 Å². The number of halogens is 1. The maximum absolute atomic E-state index is 11.9. The van der Waals surface area contributed by atoms with Crippen molar-refractivity contribution in [1.82, 2.24) is 19.6 Å². The Morgan fingerprint density at radius 1 is 1.38 bits per heavy atom. The molecular formula is C12H15BrN6O2. The van der Waals surface area contributed by atoms with E-state index in [0.29, 0.717) is 12.2 Å². The van der Waals surface area contributed by atoms with Gasteiger partial charge >= 0.3 is 0 Å². The van der Waals surface area contributed by atoms with Crippen LogP contribution < -0.4 is 11.1 Å². The first kappa shape index (κ1) is 15.2. The van der Waals surface area contributed by atoms with Gasteiger partial charge in [0.25, 0.3) is 5.91 Å². The zero-order valence-corrected chi connectivity index (χ0v) is 13.2. The maximum atomic E-state index is 11.9. The summed E-state index contributed by atoms with van der Waals surface area (Å²) in [6.07, 6.45) is 3.30. The highest BCUT2D eigenvalue weighted by Gasteiger charge is 2.16. The topological polar surface area (TPSA) is 108 Å². The van der Waals surface area contributed by atoms with Gasteiger partial charge in [-0.05, 0) is 22.9 Å². The monoisotopic (exact) mass is 354 g/mol. The van der Waals surface area contributed by atoms with Gasteiger partial charge in [0.1, 0.15) is 5.69 Å². The van der Waals surface area contributed by atoms with Crippen LogP contribution >= 0.6 is 15.9 Å². The first-order valence-corrected chi connectivity index (χ1v) is 6.99. The fourth-order valence-electron chi connectivity index (χ4n) is 1.89. The first-order valence-electron chi connectivity index (χ1n) is 6.19. The molecule has 2 amide bonds. The van der Waals surface area contributed by atoms with Crippen LogP contribution in [0.15, 0.2) is 16.9 Å². The van der Waals surface area contributed by atoms with Crippen LogP contribution in [-0.2, 0) is 18.4 Å². The Labute approximate surface area is 129 Å². The van der Waals surface area contributed by atoms with Gasteiger partial charge in [-0.3, -0.25) is 19.0 Å². The third kappa shape index (κ3) is 3.30. The summed E-state index contributed by atoms with van der Waals surface area (Å²) in [7, 11) is 1.58. The Bertz CT molecular complexity index is 690. The molecule has 2 aromatic rings. The SMILES string of the molecule is Cc1c(Br)cnn1CCC(=O)Nc1cnn(C)c1C(N)=O. The van der Waals surface area contributed by atoms with Gasteiger partial charge in [-0.1, -0.05) is 0 Å². The van der Waals surface area contributed by atoms with Crippen LogP contribution in [0.25, 0.3) is 0 Å². The van der Waals surface area contributed by atoms with Gasteiger partial charge in [0.15, 0.2) is 0 Å². The van der Waals surface area contributed by atoms with Gasteiger partial charge in [0, 0.05) is 19.2 Å². The molecule has 21 heavy (non-hydrogen) atoms. The summed E-state index contributed by atoms with van der Waals surface area (Å²) in [5.41, 5.74) is 6.68. The molecular weight excluding hydrogens is 340 g/mol. The number of amides is 2. The van der Waals surface area contributed by atoms with E-state index in [2.05, 4.69) is 31.4 Å². The van der Waals surface area contributed by atoms with Crippen molar-refractivity contribution in [3.63, 3.8) is 0 Å². The molecule has 0 aliphatic heterocycles. The molecule has 0 spiro atoms. The van der Waals surface area contributed by atoms with Crippen LogP contribution in [0.3, 0.4) is 0 Å². The predicted octanol–water partition coefficient (Wildman–Crippen LogP) is 0.815. The summed E-state index contributed by atoms with van der Waals surface area (Å²) >= 11 is 3.36. The number of carbonyl (C=O) groups is 2. The standard InChI is InChI=1S/C12H15BrN6O2/c1-7-8(13)5-16-19(7)4-3-10(20)17-9-6-15-18(2)11(9)12(14)21/h5-6H,3-4H2,1-2H3,(H2,14,21)(H,17,20). The lowest BCUT2D eigenvalue weighted by molar-refractivity contribution is -0.116. The predicted molar refractivity (Wildman–Crippen MR) is 79.6 cm³/mol. The van der Waals surface area contributed by atoms with E-state index in [0.717, 1.165) is 10.2 Å². The van der Waals surface area contributed by atoms with Crippen LogP contribution in [0, 0.1) is 6.92 Å². The van der Waals surface area contributed by atoms with Crippen LogP contribution in [0.5, 0.6) is 0 Å². The number of rotatable bonds is 5. The summed E-state index contributed by atoms with van der Waals surface area (Å²) in [6.45, 7) is 2.34. The van der Waals surface area contributed by atoms with Crippen LogP contribution in [0.4, 0.5) is 5.69 Å². The molecule has 0 saturated carbocycles. The maximum Gasteiger partial charge on any atom is 0.269 e. The first-order chi connectivity index (χ1) is 9.90. The van der Waals surface area contributed by atoms with Crippen LogP contribution in [0.2, 0.25) is 0 Å². The molecule has 0 bridgehead atoms. The van der Waals surface area contributed by atoms with E-state index in [1.54, 1.807) is 17.9 Å². The minimum Gasteiger partial charge on any atom is -0.364 e. The molecule has 2 rings (SSSR count). The third-order valence-corrected chi connectivity index (χ3v) is 3.82. The lowest BCUT2D eigenvalue weighted by Gasteiger charge is -2.06. The highest BCUT2D eigenvalue weighted by molar-refractivity contribution is 9.10. The van der Waals surface area contributed by atoms with Gasteiger partial charge in [-0.15, -0.1) is 0 Å².